The third kappa shape index (κ3) is 12.0. The van der Waals surface area contributed by atoms with Crippen LogP contribution in [0.5, 0.6) is 0 Å². The van der Waals surface area contributed by atoms with Gasteiger partial charge in [0.25, 0.3) is 10.1 Å². The lowest BCUT2D eigenvalue weighted by Crippen LogP contribution is -2.51. The zero-order valence-corrected chi connectivity index (χ0v) is 23.4. The monoisotopic (exact) mass is 588 g/mol. The SMILES string of the molecule is CS(=O)(=O)O.NC(=O)c1cnc2ccccc2c1.NC[C@@H]1C[C@@H](C(=O)N[C@H](CCc2ccccc2)C(=O)O)N(N)C1. The molecule has 1 saturated heterocycles. The first kappa shape index (κ1) is 33.3. The molecule has 0 saturated carbocycles. The van der Waals surface area contributed by atoms with Crippen molar-refractivity contribution in [3.63, 3.8) is 0 Å². The fourth-order valence-corrected chi connectivity index (χ4v) is 4.07. The van der Waals surface area contributed by atoms with Crippen molar-refractivity contribution in [1.29, 1.82) is 0 Å². The molecule has 0 radical (unpaired) electrons. The van der Waals surface area contributed by atoms with E-state index in [1.807, 2.05) is 54.6 Å². The number of carbonyl (C=O) groups excluding carboxylic acids is 2. The number of nitrogens with one attached hydrogen (secondary N) is 1. The molecule has 41 heavy (non-hydrogen) atoms. The summed E-state index contributed by atoms with van der Waals surface area (Å²) < 4.78 is 25.9. The molecule has 1 aliphatic heterocycles. The van der Waals surface area contributed by atoms with Crippen molar-refractivity contribution < 1.29 is 32.5 Å². The van der Waals surface area contributed by atoms with Gasteiger partial charge in [-0.25, -0.2) is 9.80 Å². The largest absolute Gasteiger partial charge is 0.480 e. The minimum atomic E-state index is -3.67. The second-order valence-corrected chi connectivity index (χ2v) is 11.0. The molecule has 0 spiro atoms. The van der Waals surface area contributed by atoms with Crippen molar-refractivity contribution in [2.75, 3.05) is 19.3 Å². The Morgan fingerprint density at radius 1 is 1.12 bits per heavy atom. The standard InChI is InChI=1S/C16H24N4O3.C10H8N2O.CH4O3S/c17-9-12-8-14(20(18)10-12)15(21)19-13(16(22)23)7-6-11-4-2-1-3-5-11;11-10(13)8-5-7-3-1-2-4-9(7)12-6-8;1-5(2,3)4/h1-5,12-14H,6-10,17-18H2,(H,19,21)(H,22,23);1-6H,(H2,11,13);1H3,(H,2,3,4)/t12-,13+,14-;;/m0../s1. The van der Waals surface area contributed by atoms with Gasteiger partial charge in [-0.3, -0.25) is 25.0 Å². The summed E-state index contributed by atoms with van der Waals surface area (Å²) in [4.78, 5) is 38.6. The molecule has 1 fully saturated rings. The first-order valence-corrected chi connectivity index (χ1v) is 14.5. The van der Waals surface area contributed by atoms with E-state index in [1.54, 1.807) is 6.07 Å². The number of nitrogens with zero attached hydrogens (tertiary/aromatic N) is 2. The Kier molecular flexibility index (Phi) is 12.8. The number of para-hydroxylation sites is 1. The van der Waals surface area contributed by atoms with Crippen molar-refractivity contribution >= 4 is 38.8 Å². The molecule has 4 rings (SSSR count). The average molecular weight is 589 g/mol. The van der Waals surface area contributed by atoms with Crippen LogP contribution in [0.4, 0.5) is 0 Å². The Hall–Kier alpha value is -3.95. The van der Waals surface area contributed by atoms with Gasteiger partial charge in [-0.15, -0.1) is 0 Å². The van der Waals surface area contributed by atoms with Crippen LogP contribution in [0.3, 0.4) is 0 Å². The van der Waals surface area contributed by atoms with Crippen molar-refractivity contribution in [2.24, 2.45) is 23.2 Å². The van der Waals surface area contributed by atoms with Gasteiger partial charge in [0.15, 0.2) is 0 Å². The number of hydrogen-bond donors (Lipinski definition) is 6. The maximum atomic E-state index is 12.3. The van der Waals surface area contributed by atoms with Crippen LogP contribution in [0.1, 0.15) is 28.8 Å². The molecule has 3 aromatic rings. The molecule has 1 aliphatic rings. The maximum absolute atomic E-state index is 12.3. The molecule has 2 heterocycles. The zero-order valence-electron chi connectivity index (χ0n) is 22.6. The third-order valence-electron chi connectivity index (χ3n) is 6.12. The van der Waals surface area contributed by atoms with Gasteiger partial charge in [0.05, 0.1) is 17.3 Å². The molecule has 0 unspecified atom stereocenters. The fourth-order valence-electron chi connectivity index (χ4n) is 4.07. The van der Waals surface area contributed by atoms with Gasteiger partial charge < -0.3 is 21.9 Å². The van der Waals surface area contributed by atoms with Crippen LogP contribution >= 0.6 is 0 Å². The number of hydrazine groups is 1. The molecule has 14 heteroatoms. The molecule has 0 aliphatic carbocycles. The van der Waals surface area contributed by atoms with Crippen molar-refractivity contribution in [3.8, 4) is 0 Å². The number of aryl methyl sites for hydroxylation is 1. The van der Waals surface area contributed by atoms with Crippen molar-refractivity contribution in [3.05, 3.63) is 78.0 Å². The van der Waals surface area contributed by atoms with Gasteiger partial charge >= 0.3 is 5.97 Å². The van der Waals surface area contributed by atoms with E-state index in [1.165, 1.54) is 11.2 Å². The van der Waals surface area contributed by atoms with Crippen LogP contribution in [0.25, 0.3) is 10.9 Å². The number of primary amides is 1. The second-order valence-electron chi connectivity index (χ2n) is 9.49. The van der Waals surface area contributed by atoms with E-state index in [0.717, 1.165) is 16.5 Å². The highest BCUT2D eigenvalue weighted by Crippen LogP contribution is 2.19. The van der Waals surface area contributed by atoms with E-state index >= 15 is 0 Å². The summed E-state index contributed by atoms with van der Waals surface area (Å²) in [5, 5.41) is 14.3. The fraction of sp³-hybridized carbons (Fsp3) is 0.333. The van der Waals surface area contributed by atoms with Gasteiger partial charge in [0.1, 0.15) is 12.1 Å². The number of pyridine rings is 1. The van der Waals surface area contributed by atoms with Gasteiger partial charge in [0, 0.05) is 18.1 Å². The van der Waals surface area contributed by atoms with Crippen LogP contribution in [0, 0.1) is 5.92 Å². The summed E-state index contributed by atoms with van der Waals surface area (Å²) in [7, 11) is -3.67. The highest BCUT2D eigenvalue weighted by atomic mass is 32.2. The van der Waals surface area contributed by atoms with Gasteiger partial charge in [0.2, 0.25) is 11.8 Å². The summed E-state index contributed by atoms with van der Waals surface area (Å²) in [6, 6.07) is 17.5. The highest BCUT2D eigenvalue weighted by Gasteiger charge is 2.36. The number of carboxylic acids is 1. The third-order valence-corrected chi connectivity index (χ3v) is 6.12. The normalized spacial score (nSPS) is 17.4. The lowest BCUT2D eigenvalue weighted by Gasteiger charge is -2.21. The Balaban J connectivity index is 0.000000272. The van der Waals surface area contributed by atoms with Crippen molar-refractivity contribution in [2.45, 2.75) is 31.3 Å². The summed E-state index contributed by atoms with van der Waals surface area (Å²) >= 11 is 0. The number of carbonyl (C=O) groups is 3. The Morgan fingerprint density at radius 3 is 2.29 bits per heavy atom. The second kappa shape index (κ2) is 15.7. The van der Waals surface area contributed by atoms with Gasteiger partial charge in [-0.1, -0.05) is 48.5 Å². The van der Waals surface area contributed by atoms with E-state index < -0.39 is 34.1 Å². The number of benzene rings is 2. The predicted octanol–water partition coefficient (Wildman–Crippen LogP) is 0.549. The number of rotatable bonds is 8. The Morgan fingerprint density at radius 2 is 1.73 bits per heavy atom. The van der Waals surface area contributed by atoms with Crippen LogP contribution < -0.4 is 22.6 Å². The minimum absolute atomic E-state index is 0.170. The number of aliphatic carboxylic acids is 1. The predicted molar refractivity (Wildman–Crippen MR) is 154 cm³/mol. The number of carboxylic acid groups (broad SMARTS) is 1. The first-order valence-electron chi connectivity index (χ1n) is 12.6. The summed E-state index contributed by atoms with van der Waals surface area (Å²) in [6.45, 7) is 1.02. The van der Waals surface area contributed by atoms with E-state index in [-0.39, 0.29) is 11.8 Å². The molecule has 2 aromatic carbocycles. The van der Waals surface area contributed by atoms with Crippen LogP contribution in [-0.2, 0) is 26.1 Å². The molecule has 9 N–H and O–H groups in total. The number of nitrogens with two attached hydrogens (primary N) is 3. The van der Waals surface area contributed by atoms with E-state index in [2.05, 4.69) is 10.3 Å². The number of amides is 2. The molecule has 13 nitrogen and oxygen atoms in total. The summed E-state index contributed by atoms with van der Waals surface area (Å²) in [6.07, 6.45) is 3.69. The average Bonchev–Trinajstić information content (AvgIpc) is 3.31. The Bertz CT molecular complexity index is 1410. The molecular weight excluding hydrogens is 552 g/mol. The number of hydrogen-bond acceptors (Lipinski definition) is 9. The quantitative estimate of drug-likeness (QED) is 0.157. The lowest BCUT2D eigenvalue weighted by atomic mass is 10.0. The smallest absolute Gasteiger partial charge is 0.326 e. The zero-order chi connectivity index (χ0) is 30.6. The van der Waals surface area contributed by atoms with Crippen LogP contribution in [0.15, 0.2) is 66.9 Å². The topological polar surface area (TPSA) is 232 Å². The van der Waals surface area contributed by atoms with Crippen molar-refractivity contribution in [1.82, 2.24) is 15.3 Å². The summed E-state index contributed by atoms with van der Waals surface area (Å²) in [5.74, 6) is 4.18. The van der Waals surface area contributed by atoms with Gasteiger partial charge in [-0.2, -0.15) is 8.42 Å². The maximum Gasteiger partial charge on any atom is 0.326 e. The molecule has 2 amide bonds. The number of fused-ring (bicyclic) bond motifs is 1. The molecule has 3 atom stereocenters. The highest BCUT2D eigenvalue weighted by molar-refractivity contribution is 7.85. The van der Waals surface area contributed by atoms with E-state index in [9.17, 15) is 27.9 Å². The van der Waals surface area contributed by atoms with E-state index in [0.29, 0.717) is 44.2 Å². The molecular formula is C27H36N6O7S. The van der Waals surface area contributed by atoms with Crippen LogP contribution in [-0.4, -0.2) is 77.3 Å². The lowest BCUT2D eigenvalue weighted by molar-refractivity contribution is -0.142. The van der Waals surface area contributed by atoms with Gasteiger partial charge in [-0.05, 0) is 49.4 Å². The first-order chi connectivity index (χ1) is 19.3. The Labute approximate surface area is 238 Å². The molecule has 0 bridgehead atoms. The number of aromatic nitrogens is 1. The van der Waals surface area contributed by atoms with E-state index in [4.69, 9.17) is 21.9 Å². The summed E-state index contributed by atoms with van der Waals surface area (Å²) in [5.41, 5.74) is 13.1. The molecule has 222 valence electrons. The minimum Gasteiger partial charge on any atom is -0.480 e. The molecule has 1 aromatic heterocycles. The van der Waals surface area contributed by atoms with Crippen LogP contribution in [0.2, 0.25) is 0 Å².